The molecule has 21 heavy (non-hydrogen) atoms. The molecular weight excluding hydrogens is 282 g/mol. The molecule has 4 nitrogen and oxygen atoms in total. The van der Waals surface area contributed by atoms with Crippen LogP contribution in [0.25, 0.3) is 0 Å². The van der Waals surface area contributed by atoms with E-state index >= 15 is 0 Å². The number of hydrogen-bond donors (Lipinski definition) is 2. The first-order valence-electron chi connectivity index (χ1n) is 7.61. The Morgan fingerprint density at radius 2 is 2.10 bits per heavy atom. The quantitative estimate of drug-likeness (QED) is 0.498. The molecule has 5 heteroatoms. The van der Waals surface area contributed by atoms with Crippen LogP contribution in [0.1, 0.15) is 44.6 Å². The number of hydrazone groups is 1. The molecule has 114 valence electrons. The molecule has 0 atom stereocenters. The Morgan fingerprint density at radius 1 is 1.33 bits per heavy atom. The van der Waals surface area contributed by atoms with E-state index in [9.17, 15) is 0 Å². The van der Waals surface area contributed by atoms with Gasteiger partial charge in [0.25, 0.3) is 0 Å². The van der Waals surface area contributed by atoms with Crippen LogP contribution in [0, 0.1) is 0 Å². The Kier molecular flexibility index (Phi) is 6.47. The maximum atomic E-state index is 5.55. The van der Waals surface area contributed by atoms with Gasteiger partial charge in [-0.3, -0.25) is 5.43 Å². The standard InChI is InChI=1S/C16H23N3OS/c1-2-20-15-11-7-6-8-13(15)12-17-19-16(21)18-14-9-4-3-5-10-14/h6-8,11-12,14H,2-5,9-10H2,1H3,(H2,18,19,21)/b17-12-. The second-order valence-electron chi connectivity index (χ2n) is 5.15. The highest BCUT2D eigenvalue weighted by molar-refractivity contribution is 7.80. The number of rotatable bonds is 5. The Balaban J connectivity index is 1.82. The normalized spacial score (nSPS) is 15.9. The summed E-state index contributed by atoms with van der Waals surface area (Å²) in [5.41, 5.74) is 3.82. The van der Waals surface area contributed by atoms with Gasteiger partial charge >= 0.3 is 0 Å². The van der Waals surface area contributed by atoms with Crippen molar-refractivity contribution in [3.8, 4) is 5.75 Å². The van der Waals surface area contributed by atoms with Crippen LogP contribution < -0.4 is 15.5 Å². The van der Waals surface area contributed by atoms with Gasteiger partial charge in [-0.1, -0.05) is 31.4 Å². The second kappa shape index (κ2) is 8.62. The van der Waals surface area contributed by atoms with E-state index in [-0.39, 0.29) is 0 Å². The predicted molar refractivity (Wildman–Crippen MR) is 90.9 cm³/mol. The van der Waals surface area contributed by atoms with Crippen molar-refractivity contribution in [3.63, 3.8) is 0 Å². The first-order chi connectivity index (χ1) is 10.3. The van der Waals surface area contributed by atoms with E-state index in [1.54, 1.807) is 6.21 Å². The van der Waals surface area contributed by atoms with Gasteiger partial charge in [0, 0.05) is 11.6 Å². The third kappa shape index (κ3) is 5.34. The van der Waals surface area contributed by atoms with Crippen molar-refractivity contribution in [1.82, 2.24) is 10.7 Å². The lowest BCUT2D eigenvalue weighted by Gasteiger charge is -2.23. The van der Waals surface area contributed by atoms with Crippen molar-refractivity contribution in [1.29, 1.82) is 0 Å². The zero-order valence-corrected chi connectivity index (χ0v) is 13.3. The molecule has 1 aromatic carbocycles. The molecule has 1 aromatic rings. The summed E-state index contributed by atoms with van der Waals surface area (Å²) in [5, 5.41) is 8.10. The Labute approximate surface area is 132 Å². The lowest BCUT2D eigenvalue weighted by atomic mass is 9.96. The third-order valence-corrected chi connectivity index (χ3v) is 3.74. The minimum Gasteiger partial charge on any atom is -0.493 e. The summed E-state index contributed by atoms with van der Waals surface area (Å²) in [4.78, 5) is 0. The third-order valence-electron chi connectivity index (χ3n) is 3.53. The van der Waals surface area contributed by atoms with Gasteiger partial charge in [-0.05, 0) is 44.1 Å². The highest BCUT2D eigenvalue weighted by Crippen LogP contribution is 2.17. The molecule has 0 heterocycles. The van der Waals surface area contributed by atoms with E-state index in [0.29, 0.717) is 17.8 Å². The summed E-state index contributed by atoms with van der Waals surface area (Å²) < 4.78 is 5.55. The average molecular weight is 305 g/mol. The molecule has 2 rings (SSSR count). The minimum absolute atomic E-state index is 0.490. The summed E-state index contributed by atoms with van der Waals surface area (Å²) in [6, 6.07) is 8.30. The van der Waals surface area contributed by atoms with Crippen LogP contribution in [0.15, 0.2) is 29.4 Å². The monoisotopic (exact) mass is 305 g/mol. The Bertz CT molecular complexity index is 484. The van der Waals surface area contributed by atoms with Gasteiger partial charge in [0.2, 0.25) is 0 Å². The molecule has 1 aliphatic carbocycles. The molecule has 1 fully saturated rings. The summed E-state index contributed by atoms with van der Waals surface area (Å²) in [5.74, 6) is 0.830. The maximum absolute atomic E-state index is 5.55. The highest BCUT2D eigenvalue weighted by atomic mass is 32.1. The smallest absolute Gasteiger partial charge is 0.187 e. The molecule has 0 aliphatic heterocycles. The van der Waals surface area contributed by atoms with Gasteiger partial charge in [0.15, 0.2) is 5.11 Å². The topological polar surface area (TPSA) is 45.6 Å². The molecule has 0 spiro atoms. The first kappa shape index (κ1) is 15.8. The molecule has 1 saturated carbocycles. The van der Waals surface area contributed by atoms with E-state index in [0.717, 1.165) is 11.3 Å². The second-order valence-corrected chi connectivity index (χ2v) is 5.56. The molecule has 0 radical (unpaired) electrons. The van der Waals surface area contributed by atoms with Gasteiger partial charge in [-0.25, -0.2) is 0 Å². The Hall–Kier alpha value is -1.62. The fraction of sp³-hybridized carbons (Fsp3) is 0.500. The molecular formula is C16H23N3OS. The number of hydrogen-bond acceptors (Lipinski definition) is 3. The molecule has 1 aliphatic rings. The van der Waals surface area contributed by atoms with Crippen molar-refractivity contribution in [3.05, 3.63) is 29.8 Å². The van der Waals surface area contributed by atoms with E-state index in [1.165, 1.54) is 32.1 Å². The number of ether oxygens (including phenoxy) is 1. The van der Waals surface area contributed by atoms with Gasteiger partial charge in [-0.15, -0.1) is 0 Å². The van der Waals surface area contributed by atoms with Crippen molar-refractivity contribution in [2.45, 2.75) is 45.1 Å². The van der Waals surface area contributed by atoms with Gasteiger partial charge in [0.1, 0.15) is 5.75 Å². The van der Waals surface area contributed by atoms with Gasteiger partial charge in [0.05, 0.1) is 12.8 Å². The maximum Gasteiger partial charge on any atom is 0.187 e. The summed E-state index contributed by atoms with van der Waals surface area (Å²) >= 11 is 5.27. The van der Waals surface area contributed by atoms with Gasteiger partial charge < -0.3 is 10.1 Å². The van der Waals surface area contributed by atoms with Crippen LogP contribution in [0.3, 0.4) is 0 Å². The number of para-hydroxylation sites is 1. The Morgan fingerprint density at radius 3 is 2.86 bits per heavy atom. The minimum atomic E-state index is 0.490. The fourth-order valence-corrected chi connectivity index (χ4v) is 2.72. The van der Waals surface area contributed by atoms with Crippen LogP contribution in [-0.4, -0.2) is 24.0 Å². The lowest BCUT2D eigenvalue weighted by Crippen LogP contribution is -2.40. The van der Waals surface area contributed by atoms with Crippen LogP contribution in [0.5, 0.6) is 5.75 Å². The molecule has 0 amide bonds. The number of nitrogens with zero attached hydrogens (tertiary/aromatic N) is 1. The predicted octanol–water partition coefficient (Wildman–Crippen LogP) is 3.22. The van der Waals surface area contributed by atoms with Crippen molar-refractivity contribution in [2.24, 2.45) is 5.10 Å². The van der Waals surface area contributed by atoms with Crippen molar-refractivity contribution < 1.29 is 4.74 Å². The first-order valence-corrected chi connectivity index (χ1v) is 8.02. The summed E-state index contributed by atoms with van der Waals surface area (Å²) in [6.07, 6.45) is 8.03. The van der Waals surface area contributed by atoms with E-state index in [4.69, 9.17) is 17.0 Å². The van der Waals surface area contributed by atoms with Crippen molar-refractivity contribution >= 4 is 23.5 Å². The molecule has 0 aromatic heterocycles. The van der Waals surface area contributed by atoms with Crippen LogP contribution in [0.2, 0.25) is 0 Å². The van der Waals surface area contributed by atoms with Crippen LogP contribution in [-0.2, 0) is 0 Å². The SMILES string of the molecule is CCOc1ccccc1/C=N\NC(=S)NC1CCCCC1. The fourth-order valence-electron chi connectivity index (χ4n) is 2.50. The number of benzene rings is 1. The van der Waals surface area contributed by atoms with Crippen LogP contribution >= 0.6 is 12.2 Å². The molecule has 0 bridgehead atoms. The van der Waals surface area contributed by atoms with E-state index in [2.05, 4.69) is 15.8 Å². The highest BCUT2D eigenvalue weighted by Gasteiger charge is 2.13. The molecule has 0 saturated heterocycles. The van der Waals surface area contributed by atoms with E-state index in [1.807, 2.05) is 31.2 Å². The summed E-state index contributed by atoms with van der Waals surface area (Å²) in [7, 11) is 0. The lowest BCUT2D eigenvalue weighted by molar-refractivity contribution is 0.340. The van der Waals surface area contributed by atoms with E-state index < -0.39 is 0 Å². The zero-order valence-electron chi connectivity index (χ0n) is 12.5. The van der Waals surface area contributed by atoms with Crippen LogP contribution in [0.4, 0.5) is 0 Å². The largest absolute Gasteiger partial charge is 0.493 e. The molecule has 0 unspecified atom stereocenters. The zero-order chi connectivity index (χ0) is 14.9. The number of thiocarbonyl (C=S) groups is 1. The molecule has 2 N–H and O–H groups in total. The van der Waals surface area contributed by atoms with Crippen molar-refractivity contribution in [2.75, 3.05) is 6.61 Å². The number of nitrogens with one attached hydrogen (secondary N) is 2. The van der Waals surface area contributed by atoms with Gasteiger partial charge in [-0.2, -0.15) is 5.10 Å². The summed E-state index contributed by atoms with van der Waals surface area (Å²) in [6.45, 7) is 2.61. The average Bonchev–Trinajstić information content (AvgIpc) is 2.50.